The Hall–Kier alpha value is -2.67. The third-order valence-electron chi connectivity index (χ3n) is 4.42. The number of benzene rings is 1. The van der Waals surface area contributed by atoms with Crippen molar-refractivity contribution in [2.75, 3.05) is 31.1 Å². The van der Waals surface area contributed by atoms with Gasteiger partial charge in [-0.3, -0.25) is 4.79 Å². The molecule has 2 aromatic heterocycles. The Bertz CT molecular complexity index is 888. The van der Waals surface area contributed by atoms with Gasteiger partial charge in [-0.1, -0.05) is 12.1 Å². The molecule has 4 rings (SSSR count). The van der Waals surface area contributed by atoms with E-state index < -0.39 is 0 Å². The molecule has 0 aliphatic carbocycles. The molecule has 0 saturated carbocycles. The van der Waals surface area contributed by atoms with Crippen molar-refractivity contribution in [1.82, 2.24) is 15.1 Å². The van der Waals surface area contributed by atoms with Crippen molar-refractivity contribution >= 4 is 27.7 Å². The van der Waals surface area contributed by atoms with Crippen molar-refractivity contribution in [3.05, 3.63) is 64.8 Å². The number of hydrogen-bond donors (Lipinski definition) is 0. The third-order valence-corrected chi connectivity index (χ3v) is 5.11. The van der Waals surface area contributed by atoms with Crippen LogP contribution >= 0.6 is 15.9 Å². The Morgan fingerprint density at radius 1 is 0.962 bits per heavy atom. The second kappa shape index (κ2) is 7.29. The van der Waals surface area contributed by atoms with Crippen molar-refractivity contribution in [2.45, 2.75) is 0 Å². The van der Waals surface area contributed by atoms with Crippen LogP contribution in [0.15, 0.2) is 63.7 Å². The minimum atomic E-state index is 0.0522. The Balaban J connectivity index is 1.40. The molecule has 1 fully saturated rings. The summed E-state index contributed by atoms with van der Waals surface area (Å²) in [5.74, 6) is 1.57. The second-order valence-corrected chi connectivity index (χ2v) is 6.87. The maximum atomic E-state index is 12.7. The molecule has 1 amide bonds. The average Bonchev–Trinajstić information content (AvgIpc) is 3.23. The van der Waals surface area contributed by atoms with Gasteiger partial charge in [0, 0.05) is 30.7 Å². The number of nitrogens with zero attached hydrogens (tertiary/aromatic N) is 4. The first kappa shape index (κ1) is 16.8. The molecule has 1 aromatic carbocycles. The molecule has 1 aliphatic rings. The highest BCUT2D eigenvalue weighted by atomic mass is 79.9. The Morgan fingerprint density at radius 3 is 2.42 bits per heavy atom. The third kappa shape index (κ3) is 3.35. The first-order valence-corrected chi connectivity index (χ1v) is 9.18. The van der Waals surface area contributed by atoms with E-state index in [-0.39, 0.29) is 5.91 Å². The fourth-order valence-corrected chi connectivity index (χ4v) is 3.45. The minimum Gasteiger partial charge on any atom is -0.463 e. The molecular formula is C19H17BrN4O2. The molecule has 0 spiro atoms. The molecule has 132 valence electrons. The largest absolute Gasteiger partial charge is 0.463 e. The molecule has 0 unspecified atom stereocenters. The highest BCUT2D eigenvalue weighted by molar-refractivity contribution is 9.10. The van der Waals surface area contributed by atoms with E-state index in [1.165, 1.54) is 0 Å². The van der Waals surface area contributed by atoms with Crippen LogP contribution in [0.5, 0.6) is 0 Å². The molecule has 0 N–H and O–H groups in total. The fraction of sp³-hybridized carbons (Fsp3) is 0.211. The van der Waals surface area contributed by atoms with Gasteiger partial charge in [-0.2, -0.15) is 0 Å². The van der Waals surface area contributed by atoms with Crippen LogP contribution in [0.25, 0.3) is 11.5 Å². The Morgan fingerprint density at radius 2 is 1.77 bits per heavy atom. The zero-order valence-corrected chi connectivity index (χ0v) is 15.6. The Kier molecular flexibility index (Phi) is 4.71. The molecule has 6 nitrogen and oxygen atoms in total. The first-order chi connectivity index (χ1) is 12.7. The van der Waals surface area contributed by atoms with E-state index in [0.717, 1.165) is 23.4 Å². The van der Waals surface area contributed by atoms with Crippen molar-refractivity contribution < 1.29 is 9.21 Å². The van der Waals surface area contributed by atoms with Gasteiger partial charge in [-0.25, -0.2) is 0 Å². The average molecular weight is 413 g/mol. The van der Waals surface area contributed by atoms with Crippen molar-refractivity contribution in [3.8, 4) is 11.5 Å². The van der Waals surface area contributed by atoms with Gasteiger partial charge in [-0.05, 0) is 52.3 Å². The smallest absolute Gasteiger partial charge is 0.255 e. The molecule has 7 heteroatoms. The molecule has 1 aliphatic heterocycles. The highest BCUT2D eigenvalue weighted by Gasteiger charge is 2.24. The van der Waals surface area contributed by atoms with Gasteiger partial charge in [0.05, 0.1) is 11.8 Å². The molecule has 0 bridgehead atoms. The Labute approximate surface area is 159 Å². The summed E-state index contributed by atoms with van der Waals surface area (Å²) in [6, 6.07) is 15.0. The molecular weight excluding hydrogens is 396 g/mol. The predicted octanol–water partition coefficient (Wildman–Crippen LogP) is 3.46. The standard InChI is InChI=1S/C19H17BrN4O2/c20-15-5-2-1-4-14(15)19(25)24-11-9-23(10-12-24)18-8-7-16(21-22-18)17-6-3-13-26-17/h1-8,13H,9-12H2. The van der Waals surface area contributed by atoms with Gasteiger partial charge < -0.3 is 14.2 Å². The number of amides is 1. The number of carbonyl (C=O) groups is 1. The summed E-state index contributed by atoms with van der Waals surface area (Å²) in [4.78, 5) is 16.7. The number of carbonyl (C=O) groups excluding carboxylic acids is 1. The van der Waals surface area contributed by atoms with E-state index in [9.17, 15) is 4.79 Å². The number of furan rings is 1. The second-order valence-electron chi connectivity index (χ2n) is 6.01. The lowest BCUT2D eigenvalue weighted by molar-refractivity contribution is 0.0745. The summed E-state index contributed by atoms with van der Waals surface area (Å²) < 4.78 is 6.16. The quantitative estimate of drug-likeness (QED) is 0.658. The monoisotopic (exact) mass is 412 g/mol. The van der Waals surface area contributed by atoms with Crippen LogP contribution in [0, 0.1) is 0 Å². The van der Waals surface area contributed by atoms with E-state index in [1.807, 2.05) is 53.4 Å². The van der Waals surface area contributed by atoms with Crippen LogP contribution in [0.3, 0.4) is 0 Å². The van der Waals surface area contributed by atoms with Crippen LogP contribution in [0.1, 0.15) is 10.4 Å². The molecule has 26 heavy (non-hydrogen) atoms. The van der Waals surface area contributed by atoms with Crippen LogP contribution in [-0.2, 0) is 0 Å². The first-order valence-electron chi connectivity index (χ1n) is 8.39. The van der Waals surface area contributed by atoms with Crippen LogP contribution in [0.2, 0.25) is 0 Å². The topological polar surface area (TPSA) is 62.5 Å². The molecule has 0 atom stereocenters. The number of piperazine rings is 1. The maximum Gasteiger partial charge on any atom is 0.255 e. The highest BCUT2D eigenvalue weighted by Crippen LogP contribution is 2.21. The number of hydrogen-bond acceptors (Lipinski definition) is 5. The number of aromatic nitrogens is 2. The number of halogens is 1. The summed E-state index contributed by atoms with van der Waals surface area (Å²) in [7, 11) is 0. The predicted molar refractivity (Wildman–Crippen MR) is 102 cm³/mol. The summed E-state index contributed by atoms with van der Waals surface area (Å²) >= 11 is 3.45. The summed E-state index contributed by atoms with van der Waals surface area (Å²) in [5, 5.41) is 8.54. The molecule has 3 aromatic rings. The lowest BCUT2D eigenvalue weighted by Crippen LogP contribution is -2.49. The molecule has 0 radical (unpaired) electrons. The van der Waals surface area contributed by atoms with Crippen LogP contribution < -0.4 is 4.90 Å². The summed E-state index contributed by atoms with van der Waals surface area (Å²) in [5.41, 5.74) is 1.41. The van der Waals surface area contributed by atoms with Crippen molar-refractivity contribution in [1.29, 1.82) is 0 Å². The number of anilines is 1. The normalized spacial score (nSPS) is 14.5. The van der Waals surface area contributed by atoms with E-state index in [0.29, 0.717) is 30.1 Å². The summed E-state index contributed by atoms with van der Waals surface area (Å²) in [6.07, 6.45) is 1.62. The van der Waals surface area contributed by atoms with Crippen LogP contribution in [-0.4, -0.2) is 47.2 Å². The lowest BCUT2D eigenvalue weighted by atomic mass is 10.2. The van der Waals surface area contributed by atoms with Crippen LogP contribution in [0.4, 0.5) is 5.82 Å². The summed E-state index contributed by atoms with van der Waals surface area (Å²) in [6.45, 7) is 2.76. The lowest BCUT2D eigenvalue weighted by Gasteiger charge is -2.35. The van der Waals surface area contributed by atoms with E-state index >= 15 is 0 Å². The zero-order chi connectivity index (χ0) is 17.9. The van der Waals surface area contributed by atoms with Crippen molar-refractivity contribution in [3.63, 3.8) is 0 Å². The van der Waals surface area contributed by atoms with Gasteiger partial charge in [0.2, 0.25) is 0 Å². The van der Waals surface area contributed by atoms with Gasteiger partial charge in [0.15, 0.2) is 11.6 Å². The van der Waals surface area contributed by atoms with Crippen molar-refractivity contribution in [2.24, 2.45) is 0 Å². The van der Waals surface area contributed by atoms with E-state index in [2.05, 4.69) is 31.0 Å². The molecule has 3 heterocycles. The minimum absolute atomic E-state index is 0.0522. The number of rotatable bonds is 3. The zero-order valence-electron chi connectivity index (χ0n) is 14.0. The SMILES string of the molecule is O=C(c1ccccc1Br)N1CCN(c2ccc(-c3ccco3)nn2)CC1. The van der Waals surface area contributed by atoms with E-state index in [1.54, 1.807) is 6.26 Å². The van der Waals surface area contributed by atoms with Gasteiger partial charge in [0.1, 0.15) is 5.69 Å². The van der Waals surface area contributed by atoms with E-state index in [4.69, 9.17) is 4.42 Å². The van der Waals surface area contributed by atoms with Gasteiger partial charge in [-0.15, -0.1) is 10.2 Å². The van der Waals surface area contributed by atoms with Gasteiger partial charge >= 0.3 is 0 Å². The maximum absolute atomic E-state index is 12.7. The van der Waals surface area contributed by atoms with Gasteiger partial charge in [0.25, 0.3) is 5.91 Å². The fourth-order valence-electron chi connectivity index (χ4n) is 2.99. The molecule has 1 saturated heterocycles.